The van der Waals surface area contributed by atoms with Crippen molar-refractivity contribution < 1.29 is 9.47 Å². The van der Waals surface area contributed by atoms with Gasteiger partial charge < -0.3 is 25.0 Å². The maximum atomic E-state index is 5.70. The highest BCUT2D eigenvalue weighted by atomic mass is 16.5. The van der Waals surface area contributed by atoms with Crippen LogP contribution in [0.2, 0.25) is 0 Å². The van der Waals surface area contributed by atoms with Gasteiger partial charge in [0, 0.05) is 20.1 Å². The lowest BCUT2D eigenvalue weighted by atomic mass is 10.1. The fourth-order valence-electron chi connectivity index (χ4n) is 2.85. The van der Waals surface area contributed by atoms with Gasteiger partial charge in [-0.25, -0.2) is 0 Å². The average Bonchev–Trinajstić information content (AvgIpc) is 2.69. The second kappa shape index (κ2) is 14.2. The average molecular weight is 379 g/mol. The molecule has 0 spiro atoms. The molecule has 0 amide bonds. The summed E-state index contributed by atoms with van der Waals surface area (Å²) >= 11 is 0. The third-order valence-corrected chi connectivity index (χ3v) is 4.38. The van der Waals surface area contributed by atoms with Crippen molar-refractivity contribution in [3.63, 3.8) is 0 Å². The topological polar surface area (TPSA) is 58.1 Å². The van der Waals surface area contributed by atoms with Crippen molar-refractivity contribution in [3.05, 3.63) is 23.8 Å². The standard InChI is InChI=1S/C21H38N4O2/c1-6-25(7-2)16-10-14-23-21(22-5)24-15-13-18-11-12-19(26-8-3)20(17-18)27-9-4/h11-12,17H,6-10,13-16H2,1-5H3,(H2,22,23,24). The first-order valence-corrected chi connectivity index (χ1v) is 10.2. The molecule has 0 heterocycles. The summed E-state index contributed by atoms with van der Waals surface area (Å²) in [5, 5.41) is 6.76. The van der Waals surface area contributed by atoms with Crippen molar-refractivity contribution in [2.75, 3.05) is 53.0 Å². The van der Waals surface area contributed by atoms with Crippen LogP contribution in [0.25, 0.3) is 0 Å². The lowest BCUT2D eigenvalue weighted by molar-refractivity contribution is 0.287. The van der Waals surface area contributed by atoms with Crippen molar-refractivity contribution >= 4 is 5.96 Å². The van der Waals surface area contributed by atoms with Gasteiger partial charge in [0.15, 0.2) is 17.5 Å². The highest BCUT2D eigenvalue weighted by molar-refractivity contribution is 5.79. The number of nitrogens with one attached hydrogen (secondary N) is 2. The molecule has 0 aliphatic carbocycles. The maximum Gasteiger partial charge on any atom is 0.190 e. The summed E-state index contributed by atoms with van der Waals surface area (Å²) in [6.07, 6.45) is 2.01. The minimum Gasteiger partial charge on any atom is -0.490 e. The SMILES string of the molecule is CCOc1ccc(CCNC(=NC)NCCCN(CC)CC)cc1OCC. The molecule has 2 N–H and O–H groups in total. The van der Waals surface area contributed by atoms with Crippen LogP contribution in [0.1, 0.15) is 39.7 Å². The molecule has 0 radical (unpaired) electrons. The van der Waals surface area contributed by atoms with Crippen LogP contribution in [0.15, 0.2) is 23.2 Å². The minimum atomic E-state index is 0.631. The van der Waals surface area contributed by atoms with Gasteiger partial charge in [-0.2, -0.15) is 0 Å². The summed E-state index contributed by atoms with van der Waals surface area (Å²) in [6.45, 7) is 14.7. The molecule has 27 heavy (non-hydrogen) atoms. The van der Waals surface area contributed by atoms with E-state index in [0.29, 0.717) is 13.2 Å². The lowest BCUT2D eigenvalue weighted by Crippen LogP contribution is -2.39. The van der Waals surface area contributed by atoms with E-state index in [2.05, 4.69) is 46.5 Å². The van der Waals surface area contributed by atoms with Crippen molar-refractivity contribution in [2.24, 2.45) is 4.99 Å². The summed E-state index contributed by atoms with van der Waals surface area (Å²) in [5.41, 5.74) is 1.21. The largest absolute Gasteiger partial charge is 0.490 e. The van der Waals surface area contributed by atoms with Gasteiger partial charge in [0.2, 0.25) is 0 Å². The van der Waals surface area contributed by atoms with Gasteiger partial charge in [0.05, 0.1) is 13.2 Å². The quantitative estimate of drug-likeness (QED) is 0.314. The lowest BCUT2D eigenvalue weighted by Gasteiger charge is -2.18. The van der Waals surface area contributed by atoms with Gasteiger partial charge in [0.25, 0.3) is 0 Å². The van der Waals surface area contributed by atoms with Crippen molar-refractivity contribution in [1.29, 1.82) is 0 Å². The molecule has 0 bridgehead atoms. The predicted octanol–water partition coefficient (Wildman–Crippen LogP) is 2.92. The third-order valence-electron chi connectivity index (χ3n) is 4.38. The molecule has 6 nitrogen and oxygen atoms in total. The fourth-order valence-corrected chi connectivity index (χ4v) is 2.85. The van der Waals surface area contributed by atoms with Gasteiger partial charge in [-0.3, -0.25) is 4.99 Å². The summed E-state index contributed by atoms with van der Waals surface area (Å²) < 4.78 is 11.3. The van der Waals surface area contributed by atoms with Crippen LogP contribution in [0.4, 0.5) is 0 Å². The molecule has 1 aromatic carbocycles. The molecule has 0 aliphatic rings. The summed E-state index contributed by atoms with van der Waals surface area (Å²) in [6, 6.07) is 6.15. The monoisotopic (exact) mass is 378 g/mol. The van der Waals surface area contributed by atoms with E-state index in [1.807, 2.05) is 27.0 Å². The number of hydrogen-bond acceptors (Lipinski definition) is 4. The molecular formula is C21H38N4O2. The number of ether oxygens (including phenoxy) is 2. The summed E-state index contributed by atoms with van der Waals surface area (Å²) in [5.74, 6) is 2.48. The molecule has 0 aliphatic heterocycles. The van der Waals surface area contributed by atoms with E-state index in [0.717, 1.165) is 63.0 Å². The molecule has 0 saturated carbocycles. The Kier molecular flexibility index (Phi) is 12.1. The number of aliphatic imine (C=N–C) groups is 1. The van der Waals surface area contributed by atoms with Crippen LogP contribution in [0.5, 0.6) is 11.5 Å². The first-order valence-electron chi connectivity index (χ1n) is 10.2. The predicted molar refractivity (Wildman–Crippen MR) is 114 cm³/mol. The van der Waals surface area contributed by atoms with E-state index in [-0.39, 0.29) is 0 Å². The molecular weight excluding hydrogens is 340 g/mol. The second-order valence-corrected chi connectivity index (χ2v) is 6.20. The maximum absolute atomic E-state index is 5.70. The van der Waals surface area contributed by atoms with E-state index in [9.17, 15) is 0 Å². The first kappa shape index (κ1) is 23.1. The number of guanidine groups is 1. The zero-order chi connectivity index (χ0) is 19.9. The van der Waals surface area contributed by atoms with Gasteiger partial charge in [-0.05, 0) is 64.0 Å². The molecule has 1 aromatic rings. The molecule has 154 valence electrons. The van der Waals surface area contributed by atoms with E-state index in [4.69, 9.17) is 9.47 Å². The Morgan fingerprint density at radius 3 is 2.26 bits per heavy atom. The Morgan fingerprint density at radius 2 is 1.63 bits per heavy atom. The van der Waals surface area contributed by atoms with Crippen LogP contribution in [0.3, 0.4) is 0 Å². The molecule has 0 unspecified atom stereocenters. The highest BCUT2D eigenvalue weighted by Crippen LogP contribution is 2.28. The molecule has 6 heteroatoms. The zero-order valence-electron chi connectivity index (χ0n) is 17.8. The number of rotatable bonds is 13. The smallest absolute Gasteiger partial charge is 0.190 e. The molecule has 0 aromatic heterocycles. The van der Waals surface area contributed by atoms with Gasteiger partial charge >= 0.3 is 0 Å². The Labute approximate surface area is 165 Å². The molecule has 0 saturated heterocycles. The molecule has 1 rings (SSSR count). The van der Waals surface area contributed by atoms with Crippen molar-refractivity contribution in [2.45, 2.75) is 40.5 Å². The van der Waals surface area contributed by atoms with E-state index < -0.39 is 0 Å². The number of hydrogen-bond donors (Lipinski definition) is 2. The summed E-state index contributed by atoms with van der Waals surface area (Å²) in [7, 11) is 1.81. The normalized spacial score (nSPS) is 11.6. The van der Waals surface area contributed by atoms with Crippen LogP contribution in [-0.2, 0) is 6.42 Å². The van der Waals surface area contributed by atoms with E-state index in [1.54, 1.807) is 0 Å². The van der Waals surface area contributed by atoms with E-state index in [1.165, 1.54) is 5.56 Å². The van der Waals surface area contributed by atoms with E-state index >= 15 is 0 Å². The second-order valence-electron chi connectivity index (χ2n) is 6.20. The van der Waals surface area contributed by atoms with Gasteiger partial charge in [0.1, 0.15) is 0 Å². The van der Waals surface area contributed by atoms with Gasteiger partial charge in [-0.15, -0.1) is 0 Å². The fraction of sp³-hybridized carbons (Fsp3) is 0.667. The van der Waals surface area contributed by atoms with Gasteiger partial charge in [-0.1, -0.05) is 19.9 Å². The highest BCUT2D eigenvalue weighted by Gasteiger charge is 2.06. The van der Waals surface area contributed by atoms with Crippen LogP contribution in [-0.4, -0.2) is 63.8 Å². The van der Waals surface area contributed by atoms with Crippen molar-refractivity contribution in [1.82, 2.24) is 15.5 Å². The summed E-state index contributed by atoms with van der Waals surface area (Å²) in [4.78, 5) is 6.73. The molecule has 0 atom stereocenters. The molecule has 0 fully saturated rings. The Morgan fingerprint density at radius 1 is 0.963 bits per heavy atom. The first-order chi connectivity index (χ1) is 13.2. The number of nitrogens with zero attached hydrogens (tertiary/aromatic N) is 2. The Hall–Kier alpha value is -1.95. The van der Waals surface area contributed by atoms with Crippen LogP contribution < -0.4 is 20.1 Å². The number of benzene rings is 1. The van der Waals surface area contributed by atoms with Crippen LogP contribution >= 0.6 is 0 Å². The third kappa shape index (κ3) is 9.00. The Balaban J connectivity index is 2.40. The van der Waals surface area contributed by atoms with Crippen LogP contribution in [0, 0.1) is 0 Å². The zero-order valence-corrected chi connectivity index (χ0v) is 17.8. The Bertz CT molecular complexity index is 545. The minimum absolute atomic E-state index is 0.631. The van der Waals surface area contributed by atoms with Crippen molar-refractivity contribution in [3.8, 4) is 11.5 Å².